The van der Waals surface area contributed by atoms with Gasteiger partial charge in [0.25, 0.3) is 0 Å². The number of nitrogens with one attached hydrogen (secondary N) is 1. The van der Waals surface area contributed by atoms with Gasteiger partial charge in [0.2, 0.25) is 0 Å². The second-order valence-corrected chi connectivity index (χ2v) is 6.37. The Bertz CT molecular complexity index is 416. The molecule has 0 spiro atoms. The van der Waals surface area contributed by atoms with Crippen LogP contribution < -0.4 is 11.3 Å². The third-order valence-corrected chi connectivity index (χ3v) is 4.97. The van der Waals surface area contributed by atoms with Gasteiger partial charge in [-0.25, -0.2) is 4.39 Å². The molecule has 1 aliphatic carbocycles. The summed E-state index contributed by atoms with van der Waals surface area (Å²) in [7, 11) is 0. The molecule has 0 aromatic heterocycles. The molecule has 0 bridgehead atoms. The molecule has 0 aliphatic heterocycles. The molecule has 2 nitrogen and oxygen atoms in total. The van der Waals surface area contributed by atoms with Gasteiger partial charge in [-0.15, -0.1) is 0 Å². The van der Waals surface area contributed by atoms with Crippen LogP contribution >= 0.6 is 15.9 Å². The van der Waals surface area contributed by atoms with Crippen molar-refractivity contribution in [3.63, 3.8) is 0 Å². The van der Waals surface area contributed by atoms with Gasteiger partial charge in [-0.2, -0.15) is 0 Å². The number of hydrazine groups is 1. The maximum absolute atomic E-state index is 13.1. The first-order valence-electron chi connectivity index (χ1n) is 6.45. The van der Waals surface area contributed by atoms with E-state index in [-0.39, 0.29) is 17.3 Å². The highest BCUT2D eigenvalue weighted by Crippen LogP contribution is 2.41. The lowest BCUT2D eigenvalue weighted by atomic mass is 9.78. The summed E-state index contributed by atoms with van der Waals surface area (Å²) in [5.41, 5.74) is 4.32. The van der Waals surface area contributed by atoms with E-state index in [1.54, 1.807) is 0 Å². The maximum atomic E-state index is 13.1. The van der Waals surface area contributed by atoms with E-state index >= 15 is 0 Å². The lowest BCUT2D eigenvalue weighted by Gasteiger charge is -2.34. The number of hydrogen-bond acceptors (Lipinski definition) is 2. The third-order valence-electron chi connectivity index (χ3n) is 4.23. The first-order chi connectivity index (χ1) is 8.55. The second-order valence-electron chi connectivity index (χ2n) is 5.52. The van der Waals surface area contributed by atoms with Crippen LogP contribution in [0.4, 0.5) is 4.39 Å². The topological polar surface area (TPSA) is 38.0 Å². The van der Waals surface area contributed by atoms with Gasteiger partial charge in [-0.1, -0.05) is 41.8 Å². The molecular formula is C14H20BrFN2. The van der Waals surface area contributed by atoms with Gasteiger partial charge in [0.1, 0.15) is 5.82 Å². The second kappa shape index (κ2) is 5.68. The molecule has 18 heavy (non-hydrogen) atoms. The van der Waals surface area contributed by atoms with Crippen LogP contribution in [0.15, 0.2) is 22.7 Å². The largest absolute Gasteiger partial charge is 0.271 e. The van der Waals surface area contributed by atoms with E-state index in [1.165, 1.54) is 37.8 Å². The first kappa shape index (κ1) is 14.0. The van der Waals surface area contributed by atoms with Crippen molar-refractivity contribution in [2.45, 2.75) is 45.1 Å². The van der Waals surface area contributed by atoms with Crippen molar-refractivity contribution in [2.24, 2.45) is 11.3 Å². The van der Waals surface area contributed by atoms with Crippen molar-refractivity contribution in [1.29, 1.82) is 0 Å². The van der Waals surface area contributed by atoms with Gasteiger partial charge >= 0.3 is 0 Å². The minimum absolute atomic E-state index is 0.213. The Morgan fingerprint density at radius 3 is 2.67 bits per heavy atom. The average molecular weight is 315 g/mol. The summed E-state index contributed by atoms with van der Waals surface area (Å²) in [6, 6.07) is 5.09. The molecule has 1 saturated carbocycles. The van der Waals surface area contributed by atoms with E-state index in [0.717, 1.165) is 16.5 Å². The van der Waals surface area contributed by atoms with Gasteiger partial charge < -0.3 is 0 Å². The van der Waals surface area contributed by atoms with Crippen molar-refractivity contribution in [3.05, 3.63) is 34.1 Å². The third kappa shape index (κ3) is 2.92. The lowest BCUT2D eigenvalue weighted by molar-refractivity contribution is 0.220. The summed E-state index contributed by atoms with van der Waals surface area (Å²) in [5.74, 6) is 5.51. The first-order valence-corrected chi connectivity index (χ1v) is 7.24. The minimum Gasteiger partial charge on any atom is -0.271 e. The van der Waals surface area contributed by atoms with E-state index in [2.05, 4.69) is 28.3 Å². The lowest BCUT2D eigenvalue weighted by Crippen LogP contribution is -2.47. The van der Waals surface area contributed by atoms with Crippen molar-refractivity contribution >= 4 is 15.9 Å². The predicted octanol–water partition coefficient (Wildman–Crippen LogP) is 3.54. The molecule has 100 valence electrons. The van der Waals surface area contributed by atoms with Crippen LogP contribution in [0.25, 0.3) is 0 Å². The molecule has 1 aromatic rings. The van der Waals surface area contributed by atoms with E-state index in [9.17, 15) is 4.39 Å². The fourth-order valence-electron chi connectivity index (χ4n) is 2.94. The molecule has 2 rings (SSSR count). The monoisotopic (exact) mass is 314 g/mol. The van der Waals surface area contributed by atoms with Gasteiger partial charge in [0, 0.05) is 10.5 Å². The fraction of sp³-hybridized carbons (Fsp3) is 0.571. The molecule has 1 aromatic carbocycles. The Kier molecular flexibility index (Phi) is 4.41. The Balaban J connectivity index is 2.15. The fourth-order valence-corrected chi connectivity index (χ4v) is 3.46. The van der Waals surface area contributed by atoms with E-state index < -0.39 is 0 Å². The molecule has 0 radical (unpaired) electrons. The van der Waals surface area contributed by atoms with Gasteiger partial charge in [-0.3, -0.25) is 11.3 Å². The molecule has 4 heteroatoms. The van der Waals surface area contributed by atoms with Crippen LogP contribution in [0.3, 0.4) is 0 Å². The molecule has 0 amide bonds. The quantitative estimate of drug-likeness (QED) is 0.659. The molecule has 1 fully saturated rings. The Labute approximate surface area is 116 Å². The number of halogens is 2. The number of hydrogen-bond donors (Lipinski definition) is 2. The summed E-state index contributed by atoms with van der Waals surface area (Å²) in [4.78, 5) is 0. The summed E-state index contributed by atoms with van der Waals surface area (Å²) in [5, 5.41) is 0. The minimum atomic E-state index is -0.213. The van der Waals surface area contributed by atoms with Crippen LogP contribution in [-0.2, 0) is 6.42 Å². The smallest absolute Gasteiger partial charge is 0.124 e. The molecule has 0 saturated heterocycles. The van der Waals surface area contributed by atoms with E-state index in [4.69, 9.17) is 5.84 Å². The highest BCUT2D eigenvalue weighted by Gasteiger charge is 2.36. The average Bonchev–Trinajstić information content (AvgIpc) is 2.76. The summed E-state index contributed by atoms with van der Waals surface area (Å²) in [6.45, 7) is 2.29. The van der Waals surface area contributed by atoms with Crippen LogP contribution in [0.2, 0.25) is 0 Å². The molecule has 3 N–H and O–H groups in total. The van der Waals surface area contributed by atoms with Crippen LogP contribution in [0, 0.1) is 11.2 Å². The number of benzene rings is 1. The van der Waals surface area contributed by atoms with Gasteiger partial charge in [0.05, 0.1) is 0 Å². The standard InChI is InChI=1S/C14H20BrFN2/c1-14(6-2-3-7-14)13(18-17)8-10-4-5-11(16)9-12(10)15/h4-5,9,13,18H,2-3,6-8,17H2,1H3. The normalized spacial score (nSPS) is 20.0. The van der Waals surface area contributed by atoms with Crippen molar-refractivity contribution in [3.8, 4) is 0 Å². The summed E-state index contributed by atoms with van der Waals surface area (Å²) < 4.78 is 13.9. The molecule has 1 atom stereocenters. The number of nitrogens with two attached hydrogens (primary N) is 1. The highest BCUT2D eigenvalue weighted by molar-refractivity contribution is 9.10. The van der Waals surface area contributed by atoms with Crippen LogP contribution in [0.5, 0.6) is 0 Å². The van der Waals surface area contributed by atoms with Crippen molar-refractivity contribution in [1.82, 2.24) is 5.43 Å². The van der Waals surface area contributed by atoms with Gasteiger partial charge in [0.15, 0.2) is 0 Å². The van der Waals surface area contributed by atoms with Crippen molar-refractivity contribution < 1.29 is 4.39 Å². The zero-order chi connectivity index (χ0) is 13.2. The number of rotatable bonds is 4. The van der Waals surface area contributed by atoms with Crippen molar-refractivity contribution in [2.75, 3.05) is 0 Å². The Morgan fingerprint density at radius 2 is 2.11 bits per heavy atom. The molecule has 1 aliphatic rings. The molecule has 1 unspecified atom stereocenters. The molecular weight excluding hydrogens is 295 g/mol. The Hall–Kier alpha value is -0.450. The zero-order valence-electron chi connectivity index (χ0n) is 10.7. The maximum Gasteiger partial charge on any atom is 0.124 e. The van der Waals surface area contributed by atoms with Crippen LogP contribution in [0.1, 0.15) is 38.2 Å². The zero-order valence-corrected chi connectivity index (χ0v) is 12.3. The summed E-state index contributed by atoms with van der Waals surface area (Å²) >= 11 is 3.42. The van der Waals surface area contributed by atoms with Gasteiger partial charge in [-0.05, 0) is 42.4 Å². The summed E-state index contributed by atoms with van der Waals surface area (Å²) in [6.07, 6.45) is 5.80. The molecule has 0 heterocycles. The predicted molar refractivity (Wildman–Crippen MR) is 75.5 cm³/mol. The van der Waals surface area contributed by atoms with E-state index in [1.807, 2.05) is 6.07 Å². The Morgan fingerprint density at radius 1 is 1.44 bits per heavy atom. The van der Waals surface area contributed by atoms with Crippen LogP contribution in [-0.4, -0.2) is 6.04 Å². The SMILES string of the molecule is CC1(C(Cc2ccc(F)cc2Br)NN)CCCC1. The highest BCUT2D eigenvalue weighted by atomic mass is 79.9. The van der Waals surface area contributed by atoms with E-state index in [0.29, 0.717) is 0 Å².